The van der Waals surface area contributed by atoms with Gasteiger partial charge in [-0.15, -0.1) is 11.3 Å². The summed E-state index contributed by atoms with van der Waals surface area (Å²) in [6.45, 7) is 8.11. The van der Waals surface area contributed by atoms with Crippen molar-refractivity contribution < 1.29 is 4.79 Å². The van der Waals surface area contributed by atoms with E-state index in [1.165, 1.54) is 5.56 Å². The second kappa shape index (κ2) is 9.08. The minimum absolute atomic E-state index is 0.141. The molecular formula is C19H26N4OS. The van der Waals surface area contributed by atoms with Gasteiger partial charge >= 0.3 is 0 Å². The highest BCUT2D eigenvalue weighted by molar-refractivity contribution is 7.09. The van der Waals surface area contributed by atoms with Crippen LogP contribution in [-0.2, 0) is 11.3 Å². The molecule has 25 heavy (non-hydrogen) atoms. The maximum atomic E-state index is 11.8. The number of benzene rings is 1. The molecule has 3 rings (SSSR count). The van der Waals surface area contributed by atoms with Gasteiger partial charge in [0.1, 0.15) is 5.01 Å². The monoisotopic (exact) mass is 358 g/mol. The van der Waals surface area contributed by atoms with Crippen LogP contribution >= 0.6 is 11.3 Å². The van der Waals surface area contributed by atoms with Crippen molar-refractivity contribution in [2.75, 3.05) is 39.3 Å². The molecule has 1 fully saturated rings. The Morgan fingerprint density at radius 2 is 1.88 bits per heavy atom. The molecule has 2 heterocycles. The molecule has 1 aliphatic rings. The van der Waals surface area contributed by atoms with Crippen LogP contribution in [0, 0.1) is 0 Å². The van der Waals surface area contributed by atoms with Gasteiger partial charge in [0.2, 0.25) is 5.91 Å². The Hall–Kier alpha value is -1.76. The fraction of sp³-hybridized carbons (Fsp3) is 0.474. The first-order valence-electron chi connectivity index (χ1n) is 8.96. The summed E-state index contributed by atoms with van der Waals surface area (Å²) in [5.74, 6) is 0.141. The second-order valence-electron chi connectivity index (χ2n) is 6.39. The van der Waals surface area contributed by atoms with Gasteiger partial charge in [-0.2, -0.15) is 0 Å². The number of carbonyl (C=O) groups excluding carboxylic acids is 1. The molecule has 1 aliphatic heterocycles. The fourth-order valence-electron chi connectivity index (χ4n) is 2.95. The number of thiazole rings is 1. The summed E-state index contributed by atoms with van der Waals surface area (Å²) < 4.78 is 0. The van der Waals surface area contributed by atoms with Crippen LogP contribution in [0.15, 0.2) is 35.7 Å². The van der Waals surface area contributed by atoms with Gasteiger partial charge in [-0.1, -0.05) is 37.3 Å². The van der Waals surface area contributed by atoms with E-state index >= 15 is 0 Å². The molecule has 0 saturated carbocycles. The standard InChI is InChI=1S/C19H26N4OS/c1-2-8-20-18(24)13-22-9-11-23(12-10-22)14-19-21-17(15-25-19)16-6-4-3-5-7-16/h3-7,15H,2,8-14H2,1H3,(H,20,24). The van der Waals surface area contributed by atoms with Crippen molar-refractivity contribution >= 4 is 17.2 Å². The smallest absolute Gasteiger partial charge is 0.234 e. The Labute approximate surface area is 153 Å². The number of piperazine rings is 1. The minimum atomic E-state index is 0.141. The van der Waals surface area contributed by atoms with Gasteiger partial charge in [-0.25, -0.2) is 4.98 Å². The summed E-state index contributed by atoms with van der Waals surface area (Å²) in [6.07, 6.45) is 0.984. The zero-order valence-electron chi connectivity index (χ0n) is 14.8. The lowest BCUT2D eigenvalue weighted by Crippen LogP contribution is -2.49. The van der Waals surface area contributed by atoms with Crippen molar-refractivity contribution in [3.05, 3.63) is 40.7 Å². The predicted octanol–water partition coefficient (Wildman–Crippen LogP) is 2.45. The van der Waals surface area contributed by atoms with Crippen molar-refractivity contribution in [2.45, 2.75) is 19.9 Å². The van der Waals surface area contributed by atoms with Crippen molar-refractivity contribution in [3.8, 4) is 11.3 Å². The number of aromatic nitrogens is 1. The molecular weight excluding hydrogens is 332 g/mol. The average molecular weight is 359 g/mol. The van der Waals surface area contributed by atoms with Crippen molar-refractivity contribution in [2.24, 2.45) is 0 Å². The third-order valence-corrected chi connectivity index (χ3v) is 5.22. The van der Waals surface area contributed by atoms with Crippen LogP contribution in [0.25, 0.3) is 11.3 Å². The molecule has 1 aromatic heterocycles. The van der Waals surface area contributed by atoms with E-state index in [2.05, 4.69) is 39.6 Å². The summed E-state index contributed by atoms with van der Waals surface area (Å²) in [7, 11) is 0. The van der Waals surface area contributed by atoms with Gasteiger partial charge in [0.25, 0.3) is 0 Å². The van der Waals surface area contributed by atoms with Crippen molar-refractivity contribution in [1.82, 2.24) is 20.1 Å². The molecule has 0 atom stereocenters. The maximum absolute atomic E-state index is 11.8. The highest BCUT2D eigenvalue weighted by atomic mass is 32.1. The van der Waals surface area contributed by atoms with E-state index in [1.807, 2.05) is 18.2 Å². The minimum Gasteiger partial charge on any atom is -0.355 e. The predicted molar refractivity (Wildman–Crippen MR) is 103 cm³/mol. The van der Waals surface area contributed by atoms with Crippen LogP contribution in [0.1, 0.15) is 18.4 Å². The van der Waals surface area contributed by atoms with Gasteiger partial charge in [-0.05, 0) is 6.42 Å². The Balaban J connectivity index is 1.45. The summed E-state index contributed by atoms with van der Waals surface area (Å²) in [6, 6.07) is 10.3. The number of rotatable bonds is 7. The van der Waals surface area contributed by atoms with E-state index in [0.717, 1.165) is 56.4 Å². The highest BCUT2D eigenvalue weighted by Gasteiger charge is 2.19. The normalized spacial score (nSPS) is 16.0. The topological polar surface area (TPSA) is 48.5 Å². The number of hydrogen-bond acceptors (Lipinski definition) is 5. The van der Waals surface area contributed by atoms with Crippen LogP contribution < -0.4 is 5.32 Å². The second-order valence-corrected chi connectivity index (χ2v) is 7.34. The SMILES string of the molecule is CCCNC(=O)CN1CCN(Cc2nc(-c3ccccc3)cs2)CC1. The number of hydrogen-bond donors (Lipinski definition) is 1. The quantitative estimate of drug-likeness (QED) is 0.826. The third-order valence-electron chi connectivity index (χ3n) is 4.38. The Morgan fingerprint density at radius 3 is 2.60 bits per heavy atom. The highest BCUT2D eigenvalue weighted by Crippen LogP contribution is 2.22. The van der Waals surface area contributed by atoms with Crippen LogP contribution in [0.5, 0.6) is 0 Å². The molecule has 0 radical (unpaired) electrons. The van der Waals surface area contributed by atoms with Gasteiger partial charge in [-0.3, -0.25) is 14.6 Å². The lowest BCUT2D eigenvalue weighted by atomic mass is 10.2. The average Bonchev–Trinajstić information content (AvgIpc) is 3.11. The van der Waals surface area contributed by atoms with Gasteiger partial charge in [0, 0.05) is 43.7 Å². The Bertz CT molecular complexity index is 665. The molecule has 0 aliphatic carbocycles. The van der Waals surface area contributed by atoms with Crippen molar-refractivity contribution in [1.29, 1.82) is 0 Å². The molecule has 1 amide bonds. The molecule has 0 spiro atoms. The molecule has 1 aromatic carbocycles. The molecule has 2 aromatic rings. The van der Waals surface area contributed by atoms with E-state index in [0.29, 0.717) is 6.54 Å². The number of amides is 1. The van der Waals surface area contributed by atoms with E-state index in [4.69, 9.17) is 4.98 Å². The number of carbonyl (C=O) groups is 1. The lowest BCUT2D eigenvalue weighted by molar-refractivity contribution is -0.122. The molecule has 6 heteroatoms. The first-order chi connectivity index (χ1) is 12.2. The molecule has 134 valence electrons. The van der Waals surface area contributed by atoms with E-state index in [9.17, 15) is 4.79 Å². The number of nitrogens with one attached hydrogen (secondary N) is 1. The zero-order valence-corrected chi connectivity index (χ0v) is 15.6. The summed E-state index contributed by atoms with van der Waals surface area (Å²) >= 11 is 1.73. The van der Waals surface area contributed by atoms with Crippen LogP contribution in [0.2, 0.25) is 0 Å². The van der Waals surface area contributed by atoms with E-state index in [-0.39, 0.29) is 5.91 Å². The van der Waals surface area contributed by atoms with E-state index < -0.39 is 0 Å². The molecule has 1 N–H and O–H groups in total. The molecule has 0 unspecified atom stereocenters. The lowest BCUT2D eigenvalue weighted by Gasteiger charge is -2.33. The summed E-state index contributed by atoms with van der Waals surface area (Å²) in [4.78, 5) is 21.2. The summed E-state index contributed by atoms with van der Waals surface area (Å²) in [5.41, 5.74) is 2.24. The molecule has 1 saturated heterocycles. The van der Waals surface area contributed by atoms with Crippen LogP contribution in [0.3, 0.4) is 0 Å². The fourth-order valence-corrected chi connectivity index (χ4v) is 3.79. The van der Waals surface area contributed by atoms with E-state index in [1.54, 1.807) is 11.3 Å². The van der Waals surface area contributed by atoms with Gasteiger partial charge in [0.15, 0.2) is 0 Å². The van der Waals surface area contributed by atoms with Crippen molar-refractivity contribution in [3.63, 3.8) is 0 Å². The number of nitrogens with zero attached hydrogens (tertiary/aromatic N) is 3. The summed E-state index contributed by atoms with van der Waals surface area (Å²) in [5, 5.41) is 6.24. The van der Waals surface area contributed by atoms with Crippen LogP contribution in [0.4, 0.5) is 0 Å². The van der Waals surface area contributed by atoms with Crippen LogP contribution in [-0.4, -0.2) is 60.0 Å². The van der Waals surface area contributed by atoms with Gasteiger partial charge < -0.3 is 5.32 Å². The first kappa shape index (κ1) is 18.0. The third kappa shape index (κ3) is 5.36. The molecule has 0 bridgehead atoms. The first-order valence-corrected chi connectivity index (χ1v) is 9.84. The maximum Gasteiger partial charge on any atom is 0.234 e. The zero-order chi connectivity index (χ0) is 17.5. The Morgan fingerprint density at radius 1 is 1.16 bits per heavy atom. The Kier molecular flexibility index (Phi) is 6.55. The molecule has 5 nitrogen and oxygen atoms in total. The largest absolute Gasteiger partial charge is 0.355 e. The van der Waals surface area contributed by atoms with Gasteiger partial charge in [0.05, 0.1) is 18.8 Å².